The maximum atomic E-state index is 5.58. The molecule has 0 unspecified atom stereocenters. The smallest absolute Gasteiger partial charge is 0.133 e. The second-order valence-electron chi connectivity index (χ2n) is 7.22. The summed E-state index contributed by atoms with van der Waals surface area (Å²) in [6.45, 7) is 3.65. The van der Waals surface area contributed by atoms with E-state index in [4.69, 9.17) is 9.72 Å². The number of hydrogen-bond acceptors (Lipinski definition) is 5. The molecular weight excluding hydrogens is 314 g/mol. The number of nitrogens with one attached hydrogen (secondary N) is 1. The Morgan fingerprint density at radius 2 is 2.00 bits per heavy atom. The van der Waals surface area contributed by atoms with Gasteiger partial charge in [-0.3, -0.25) is 0 Å². The number of hydrogen-bond donors (Lipinski definition) is 1. The average Bonchev–Trinajstić information content (AvgIpc) is 3.06. The van der Waals surface area contributed by atoms with Gasteiger partial charge in [-0.2, -0.15) is 0 Å². The monoisotopic (exact) mass is 341 g/mol. The molecule has 1 saturated heterocycles. The maximum absolute atomic E-state index is 5.58. The zero-order valence-electron chi connectivity index (χ0n) is 15.2. The summed E-state index contributed by atoms with van der Waals surface area (Å²) in [7, 11) is 2.07. The second kappa shape index (κ2) is 7.12. The highest BCUT2D eigenvalue weighted by atomic mass is 16.5. The first-order valence-corrected chi connectivity index (χ1v) is 9.40. The second-order valence-corrected chi connectivity index (χ2v) is 7.22. The van der Waals surface area contributed by atoms with Crippen molar-refractivity contribution in [2.45, 2.75) is 51.5 Å². The molecule has 6 heteroatoms. The number of aryl methyl sites for hydroxylation is 3. The summed E-state index contributed by atoms with van der Waals surface area (Å²) >= 11 is 0. The van der Waals surface area contributed by atoms with Crippen molar-refractivity contribution < 1.29 is 4.74 Å². The van der Waals surface area contributed by atoms with Crippen molar-refractivity contribution in [2.24, 2.45) is 13.0 Å². The first kappa shape index (κ1) is 16.5. The van der Waals surface area contributed by atoms with E-state index in [2.05, 4.69) is 26.9 Å². The molecule has 0 aromatic carbocycles. The van der Waals surface area contributed by atoms with Gasteiger partial charge in [0.2, 0.25) is 0 Å². The largest absolute Gasteiger partial charge is 0.381 e. The van der Waals surface area contributed by atoms with E-state index in [0.29, 0.717) is 5.92 Å². The fraction of sp³-hybridized carbons (Fsp3) is 0.632. The molecule has 0 amide bonds. The predicted octanol–water partition coefficient (Wildman–Crippen LogP) is 2.98. The van der Waals surface area contributed by atoms with Crippen LogP contribution in [0.1, 0.15) is 54.6 Å². The lowest BCUT2D eigenvalue weighted by Gasteiger charge is -2.32. The minimum absolute atomic E-state index is 0.157. The van der Waals surface area contributed by atoms with Crippen LogP contribution in [0.2, 0.25) is 0 Å². The van der Waals surface area contributed by atoms with Crippen LogP contribution in [0, 0.1) is 12.8 Å². The average molecular weight is 341 g/mol. The van der Waals surface area contributed by atoms with Gasteiger partial charge in [0, 0.05) is 43.9 Å². The third kappa shape index (κ3) is 3.40. The molecule has 134 valence electrons. The lowest BCUT2D eigenvalue weighted by atomic mass is 9.90. The molecule has 4 rings (SSSR count). The molecule has 2 aromatic heterocycles. The van der Waals surface area contributed by atoms with Gasteiger partial charge >= 0.3 is 0 Å². The van der Waals surface area contributed by atoms with E-state index >= 15 is 0 Å². The van der Waals surface area contributed by atoms with Crippen molar-refractivity contribution in [1.29, 1.82) is 0 Å². The van der Waals surface area contributed by atoms with E-state index in [0.717, 1.165) is 56.4 Å². The Morgan fingerprint density at radius 1 is 1.20 bits per heavy atom. The molecule has 1 N–H and O–H groups in total. The fourth-order valence-corrected chi connectivity index (χ4v) is 4.10. The van der Waals surface area contributed by atoms with Crippen LogP contribution < -0.4 is 5.32 Å². The van der Waals surface area contributed by atoms with Gasteiger partial charge in [-0.15, -0.1) is 0 Å². The molecule has 3 heterocycles. The summed E-state index contributed by atoms with van der Waals surface area (Å²) in [5.74, 6) is 3.45. The Morgan fingerprint density at radius 3 is 2.76 bits per heavy atom. The Labute approximate surface area is 149 Å². The number of ether oxygens (including phenoxy) is 1. The standard InChI is InChI=1S/C19H27N5O/c1-13-21-16-6-4-3-5-15(16)18(22-13)23-17(14-7-11-25-12-8-14)19-20-9-10-24(19)2/h9-10,14,17H,3-8,11-12H2,1-2H3,(H,21,22,23)/t17-/m0/s1. The van der Waals surface area contributed by atoms with Crippen LogP contribution in [-0.2, 0) is 24.6 Å². The van der Waals surface area contributed by atoms with Gasteiger partial charge in [0.25, 0.3) is 0 Å². The SMILES string of the molecule is Cc1nc2c(c(N[C@H](c3nccn3C)C3CCOCC3)n1)CCCC2. The highest BCUT2D eigenvalue weighted by molar-refractivity contribution is 5.49. The minimum atomic E-state index is 0.157. The molecular formula is C19H27N5O. The molecule has 1 aliphatic carbocycles. The molecule has 2 aliphatic rings. The Kier molecular flexibility index (Phi) is 4.70. The van der Waals surface area contributed by atoms with E-state index in [1.165, 1.54) is 24.1 Å². The molecule has 1 aliphatic heterocycles. The van der Waals surface area contributed by atoms with Crippen molar-refractivity contribution in [1.82, 2.24) is 19.5 Å². The molecule has 25 heavy (non-hydrogen) atoms. The Hall–Kier alpha value is -1.95. The van der Waals surface area contributed by atoms with Gasteiger partial charge in [-0.25, -0.2) is 15.0 Å². The van der Waals surface area contributed by atoms with E-state index in [-0.39, 0.29) is 6.04 Å². The zero-order chi connectivity index (χ0) is 17.2. The van der Waals surface area contributed by atoms with Crippen molar-refractivity contribution >= 4 is 5.82 Å². The van der Waals surface area contributed by atoms with Gasteiger partial charge in [0.15, 0.2) is 0 Å². The molecule has 0 spiro atoms. The summed E-state index contributed by atoms with van der Waals surface area (Å²) in [6, 6.07) is 0.157. The van der Waals surface area contributed by atoms with E-state index < -0.39 is 0 Å². The van der Waals surface area contributed by atoms with Crippen LogP contribution in [-0.4, -0.2) is 32.7 Å². The minimum Gasteiger partial charge on any atom is -0.381 e. The topological polar surface area (TPSA) is 64.9 Å². The molecule has 0 radical (unpaired) electrons. The van der Waals surface area contributed by atoms with Crippen LogP contribution in [0.25, 0.3) is 0 Å². The highest BCUT2D eigenvalue weighted by Gasteiger charge is 2.30. The summed E-state index contributed by atoms with van der Waals surface area (Å²) in [5, 5.41) is 3.77. The van der Waals surface area contributed by atoms with Crippen molar-refractivity contribution in [3.8, 4) is 0 Å². The third-order valence-corrected chi connectivity index (χ3v) is 5.46. The van der Waals surface area contributed by atoms with Gasteiger partial charge in [0.05, 0.1) is 6.04 Å². The maximum Gasteiger partial charge on any atom is 0.133 e. The number of anilines is 1. The number of fused-ring (bicyclic) bond motifs is 1. The molecule has 2 aromatic rings. The summed E-state index contributed by atoms with van der Waals surface area (Å²) in [5.41, 5.74) is 2.54. The van der Waals surface area contributed by atoms with Crippen LogP contribution in [0.15, 0.2) is 12.4 Å². The highest BCUT2D eigenvalue weighted by Crippen LogP contribution is 2.34. The third-order valence-electron chi connectivity index (χ3n) is 5.46. The molecule has 1 atom stereocenters. The zero-order valence-corrected chi connectivity index (χ0v) is 15.2. The van der Waals surface area contributed by atoms with E-state index in [1.54, 1.807) is 0 Å². The van der Waals surface area contributed by atoms with E-state index in [9.17, 15) is 0 Å². The number of nitrogens with zero attached hydrogens (tertiary/aromatic N) is 4. The molecule has 0 bridgehead atoms. The Bertz CT molecular complexity index is 735. The fourth-order valence-electron chi connectivity index (χ4n) is 4.10. The lowest BCUT2D eigenvalue weighted by molar-refractivity contribution is 0.0594. The van der Waals surface area contributed by atoms with E-state index in [1.807, 2.05) is 19.3 Å². The predicted molar refractivity (Wildman–Crippen MR) is 96.5 cm³/mol. The number of aromatic nitrogens is 4. The van der Waals surface area contributed by atoms with Gasteiger partial charge < -0.3 is 14.6 Å². The first-order chi connectivity index (χ1) is 12.2. The summed E-state index contributed by atoms with van der Waals surface area (Å²) in [6.07, 6.45) is 10.6. The van der Waals surface area contributed by atoms with Gasteiger partial charge in [-0.05, 0) is 51.4 Å². The quantitative estimate of drug-likeness (QED) is 0.926. The normalized spacial score (nSPS) is 19.4. The van der Waals surface area contributed by atoms with Crippen LogP contribution in [0.5, 0.6) is 0 Å². The van der Waals surface area contributed by atoms with Crippen LogP contribution >= 0.6 is 0 Å². The van der Waals surface area contributed by atoms with Crippen molar-refractivity contribution in [2.75, 3.05) is 18.5 Å². The van der Waals surface area contributed by atoms with Gasteiger partial charge in [0.1, 0.15) is 17.5 Å². The summed E-state index contributed by atoms with van der Waals surface area (Å²) in [4.78, 5) is 14.1. The Balaban J connectivity index is 1.69. The van der Waals surface area contributed by atoms with Crippen molar-refractivity contribution in [3.05, 3.63) is 35.3 Å². The summed E-state index contributed by atoms with van der Waals surface area (Å²) < 4.78 is 7.70. The van der Waals surface area contributed by atoms with Crippen molar-refractivity contribution in [3.63, 3.8) is 0 Å². The van der Waals surface area contributed by atoms with Gasteiger partial charge in [-0.1, -0.05) is 0 Å². The number of imidazole rings is 1. The first-order valence-electron chi connectivity index (χ1n) is 9.40. The molecule has 0 saturated carbocycles. The van der Waals surface area contributed by atoms with Crippen LogP contribution in [0.3, 0.4) is 0 Å². The van der Waals surface area contributed by atoms with Crippen LogP contribution in [0.4, 0.5) is 5.82 Å². The molecule has 6 nitrogen and oxygen atoms in total. The molecule has 1 fully saturated rings. The number of rotatable bonds is 4. The lowest BCUT2D eigenvalue weighted by Crippen LogP contribution is -2.30.